The number of fused-ring (bicyclic) bond motifs is 1. The lowest BCUT2D eigenvalue weighted by atomic mass is 9.87. The van der Waals surface area contributed by atoms with Gasteiger partial charge in [0.2, 0.25) is 6.79 Å². The van der Waals surface area contributed by atoms with E-state index in [0.717, 1.165) is 29.9 Å². The van der Waals surface area contributed by atoms with Crippen LogP contribution in [0.15, 0.2) is 23.4 Å². The van der Waals surface area contributed by atoms with Gasteiger partial charge in [0.25, 0.3) is 10.0 Å². The molecule has 26 heavy (non-hydrogen) atoms. The highest BCUT2D eigenvalue weighted by Gasteiger charge is 2.33. The number of hydrogen-bond acceptors (Lipinski definition) is 5. The summed E-state index contributed by atoms with van der Waals surface area (Å²) >= 11 is 0. The second kappa shape index (κ2) is 6.28. The van der Waals surface area contributed by atoms with Crippen LogP contribution in [0.4, 0.5) is 0 Å². The van der Waals surface area contributed by atoms with E-state index in [-0.39, 0.29) is 11.8 Å². The van der Waals surface area contributed by atoms with E-state index in [1.807, 2.05) is 6.07 Å². The van der Waals surface area contributed by atoms with E-state index in [9.17, 15) is 8.42 Å². The first-order valence-corrected chi connectivity index (χ1v) is 10.2. The molecule has 8 heteroatoms. The molecule has 7 nitrogen and oxygen atoms in total. The fourth-order valence-electron chi connectivity index (χ4n) is 3.76. The van der Waals surface area contributed by atoms with Crippen LogP contribution in [-0.2, 0) is 17.1 Å². The molecule has 0 N–H and O–H groups in total. The molecule has 0 atom stereocenters. The highest BCUT2D eigenvalue weighted by Crippen LogP contribution is 2.40. The van der Waals surface area contributed by atoms with Crippen LogP contribution in [0.3, 0.4) is 0 Å². The molecule has 1 aromatic carbocycles. The van der Waals surface area contributed by atoms with E-state index in [2.05, 4.69) is 18.0 Å². The van der Waals surface area contributed by atoms with Crippen LogP contribution in [0.25, 0.3) is 0 Å². The predicted molar refractivity (Wildman–Crippen MR) is 96.0 cm³/mol. The van der Waals surface area contributed by atoms with E-state index in [1.165, 1.54) is 11.8 Å². The van der Waals surface area contributed by atoms with Crippen LogP contribution in [0.2, 0.25) is 0 Å². The normalized spacial score (nSPS) is 18.4. The van der Waals surface area contributed by atoms with Gasteiger partial charge in [-0.2, -0.15) is 4.31 Å². The first kappa shape index (κ1) is 17.4. The largest absolute Gasteiger partial charge is 0.454 e. The van der Waals surface area contributed by atoms with Crippen LogP contribution < -0.4 is 9.47 Å². The van der Waals surface area contributed by atoms with Crippen LogP contribution in [0.1, 0.15) is 35.7 Å². The molecule has 0 spiro atoms. The Morgan fingerprint density at radius 3 is 2.38 bits per heavy atom. The fraction of sp³-hybridized carbons (Fsp3) is 0.500. The summed E-state index contributed by atoms with van der Waals surface area (Å²) in [6, 6.07) is 4.07. The van der Waals surface area contributed by atoms with Gasteiger partial charge in [-0.05, 0) is 55.9 Å². The van der Waals surface area contributed by atoms with Crippen molar-refractivity contribution < 1.29 is 17.9 Å². The number of aryl methyl sites for hydroxylation is 2. The monoisotopic (exact) mass is 377 g/mol. The summed E-state index contributed by atoms with van der Waals surface area (Å²) in [5.41, 5.74) is 2.39. The van der Waals surface area contributed by atoms with Gasteiger partial charge in [0, 0.05) is 20.1 Å². The van der Waals surface area contributed by atoms with Crippen molar-refractivity contribution in [2.45, 2.75) is 37.6 Å². The molecule has 1 fully saturated rings. The predicted octanol–water partition coefficient (Wildman–Crippen LogP) is 2.33. The number of hydrogen-bond donors (Lipinski definition) is 0. The van der Waals surface area contributed by atoms with Crippen LogP contribution in [0.5, 0.6) is 11.5 Å². The molecule has 0 unspecified atom stereocenters. The average molecular weight is 377 g/mol. The van der Waals surface area contributed by atoms with Gasteiger partial charge in [-0.1, -0.05) is 0 Å². The number of aromatic nitrogens is 2. The van der Waals surface area contributed by atoms with Crippen molar-refractivity contribution in [1.29, 1.82) is 0 Å². The summed E-state index contributed by atoms with van der Waals surface area (Å²) in [4.78, 5) is 4.12. The molecule has 0 aliphatic carbocycles. The first-order chi connectivity index (χ1) is 12.4. The highest BCUT2D eigenvalue weighted by molar-refractivity contribution is 7.89. The number of benzene rings is 1. The second-order valence-corrected chi connectivity index (χ2v) is 8.83. The third-order valence-electron chi connectivity index (χ3n) is 5.44. The second-order valence-electron chi connectivity index (χ2n) is 6.94. The maximum atomic E-state index is 12.9. The summed E-state index contributed by atoms with van der Waals surface area (Å²) in [7, 11) is -1.77. The van der Waals surface area contributed by atoms with E-state index < -0.39 is 10.0 Å². The highest BCUT2D eigenvalue weighted by atomic mass is 32.2. The molecule has 0 amide bonds. The summed E-state index contributed by atoms with van der Waals surface area (Å²) in [6.45, 7) is 5.14. The summed E-state index contributed by atoms with van der Waals surface area (Å²) in [5, 5.41) is 0.257. The van der Waals surface area contributed by atoms with Gasteiger partial charge in [-0.3, -0.25) is 0 Å². The standard InChI is InChI=1S/C18H23N3O4S/c1-12-8-16-17(25-11-24-16)9-15(12)14-4-6-21(7-5-14)26(22,23)18-10-19-13(2)20(18)3/h8-10,14H,4-7,11H2,1-3H3. The zero-order chi connectivity index (χ0) is 18.5. The Morgan fingerprint density at radius 1 is 1.12 bits per heavy atom. The number of nitrogens with zero attached hydrogens (tertiary/aromatic N) is 3. The van der Waals surface area contributed by atoms with Crippen molar-refractivity contribution in [3.63, 3.8) is 0 Å². The Bertz CT molecular complexity index is 944. The first-order valence-electron chi connectivity index (χ1n) is 8.76. The van der Waals surface area contributed by atoms with Gasteiger partial charge in [-0.25, -0.2) is 13.4 Å². The zero-order valence-electron chi connectivity index (χ0n) is 15.2. The van der Waals surface area contributed by atoms with Crippen molar-refractivity contribution >= 4 is 10.0 Å². The Morgan fingerprint density at radius 2 is 1.77 bits per heavy atom. The fourth-order valence-corrected chi connectivity index (χ4v) is 5.38. The van der Waals surface area contributed by atoms with Crippen molar-refractivity contribution in [2.24, 2.45) is 7.05 Å². The topological polar surface area (TPSA) is 73.7 Å². The van der Waals surface area contributed by atoms with Crippen molar-refractivity contribution in [1.82, 2.24) is 13.9 Å². The lowest BCUT2D eigenvalue weighted by Gasteiger charge is -2.32. The van der Waals surface area contributed by atoms with E-state index in [4.69, 9.17) is 9.47 Å². The smallest absolute Gasteiger partial charge is 0.260 e. The Hall–Kier alpha value is -2.06. The van der Waals surface area contributed by atoms with E-state index in [1.54, 1.807) is 22.8 Å². The molecule has 1 saturated heterocycles. The van der Waals surface area contributed by atoms with Crippen molar-refractivity contribution in [3.05, 3.63) is 35.3 Å². The third kappa shape index (κ3) is 2.77. The molecule has 1 aromatic heterocycles. The van der Waals surface area contributed by atoms with Gasteiger partial charge in [-0.15, -0.1) is 0 Å². The SMILES string of the molecule is Cc1cc2c(cc1C1CCN(S(=O)(=O)c3cnc(C)n3C)CC1)OCO2. The molecule has 4 rings (SSSR count). The minimum atomic E-state index is -3.51. The molecule has 2 aromatic rings. The van der Waals surface area contributed by atoms with E-state index >= 15 is 0 Å². The molecule has 0 bridgehead atoms. The van der Waals surface area contributed by atoms with Crippen LogP contribution in [0, 0.1) is 13.8 Å². The average Bonchev–Trinajstić information content (AvgIpc) is 3.21. The maximum Gasteiger partial charge on any atom is 0.260 e. The molecule has 140 valence electrons. The molecule has 2 aliphatic rings. The van der Waals surface area contributed by atoms with Crippen LogP contribution in [-0.4, -0.2) is 42.2 Å². The molecule has 2 aliphatic heterocycles. The lowest BCUT2D eigenvalue weighted by Crippen LogP contribution is -2.38. The number of ether oxygens (including phenoxy) is 2. The summed E-state index contributed by atoms with van der Waals surface area (Å²) < 4.78 is 39.9. The molecular formula is C18H23N3O4S. The van der Waals surface area contributed by atoms with Crippen LogP contribution >= 0.6 is 0 Å². The molecule has 0 saturated carbocycles. The molecule has 3 heterocycles. The van der Waals surface area contributed by atoms with Crippen molar-refractivity contribution in [3.8, 4) is 11.5 Å². The van der Waals surface area contributed by atoms with Gasteiger partial charge in [0.15, 0.2) is 16.5 Å². The Labute approximate surface area is 153 Å². The third-order valence-corrected chi connectivity index (χ3v) is 7.39. The number of rotatable bonds is 3. The van der Waals surface area contributed by atoms with Gasteiger partial charge in [0.05, 0.1) is 6.20 Å². The van der Waals surface area contributed by atoms with Crippen molar-refractivity contribution in [2.75, 3.05) is 19.9 Å². The lowest BCUT2D eigenvalue weighted by molar-refractivity contribution is 0.174. The van der Waals surface area contributed by atoms with E-state index in [0.29, 0.717) is 24.8 Å². The molecule has 0 radical (unpaired) electrons. The quantitative estimate of drug-likeness (QED) is 0.821. The summed E-state index contributed by atoms with van der Waals surface area (Å²) in [5.74, 6) is 2.59. The minimum Gasteiger partial charge on any atom is -0.454 e. The van der Waals surface area contributed by atoms with Gasteiger partial charge in [0.1, 0.15) is 5.82 Å². The number of piperidine rings is 1. The summed E-state index contributed by atoms with van der Waals surface area (Å²) in [6.07, 6.45) is 3.02. The Kier molecular flexibility index (Phi) is 4.19. The zero-order valence-corrected chi connectivity index (χ0v) is 16.0. The molecular weight excluding hydrogens is 354 g/mol. The Balaban J connectivity index is 1.52. The number of sulfonamides is 1. The minimum absolute atomic E-state index is 0.257. The van der Waals surface area contributed by atoms with Gasteiger partial charge < -0.3 is 14.0 Å². The van der Waals surface area contributed by atoms with Gasteiger partial charge >= 0.3 is 0 Å². The maximum absolute atomic E-state index is 12.9. The number of imidazole rings is 1.